The second-order valence-corrected chi connectivity index (χ2v) is 7.64. The Hall–Kier alpha value is -3.70. The van der Waals surface area contributed by atoms with Crippen LogP contribution in [0.25, 0.3) is 0 Å². The van der Waals surface area contributed by atoms with Gasteiger partial charge >= 0.3 is 0 Å². The van der Waals surface area contributed by atoms with E-state index in [4.69, 9.17) is 5.26 Å². The first kappa shape index (κ1) is 22.0. The van der Waals surface area contributed by atoms with E-state index in [0.29, 0.717) is 34.2 Å². The molecule has 0 fully saturated rings. The molecule has 1 amide bonds. The lowest BCUT2D eigenvalue weighted by Crippen LogP contribution is -2.28. The highest BCUT2D eigenvalue weighted by atomic mass is 32.2. The Balaban J connectivity index is 1.70. The minimum absolute atomic E-state index is 0.0744. The zero-order chi connectivity index (χ0) is 22.2. The summed E-state index contributed by atoms with van der Waals surface area (Å²) in [5, 5.41) is 20.8. The summed E-state index contributed by atoms with van der Waals surface area (Å²) in [7, 11) is 0. The summed E-state index contributed by atoms with van der Waals surface area (Å²) >= 11 is 1.27. The van der Waals surface area contributed by atoms with E-state index in [1.54, 1.807) is 54.6 Å². The van der Waals surface area contributed by atoms with Gasteiger partial charge in [-0.3, -0.25) is 9.59 Å². The average Bonchev–Trinajstić information content (AvgIpc) is 3.21. The molecule has 8 heteroatoms. The molecular weight excluding hydrogens is 410 g/mol. The molecule has 7 nitrogen and oxygen atoms in total. The Kier molecular flexibility index (Phi) is 7.35. The molecule has 0 saturated heterocycles. The van der Waals surface area contributed by atoms with Crippen molar-refractivity contribution in [2.75, 3.05) is 5.75 Å². The fraction of sp³-hybridized carbons (Fsp3) is 0.174. The molecule has 0 radical (unpaired) electrons. The molecule has 31 heavy (non-hydrogen) atoms. The number of aromatic nitrogens is 3. The molecule has 0 aliphatic heterocycles. The largest absolute Gasteiger partial charge is 0.342 e. The van der Waals surface area contributed by atoms with Crippen molar-refractivity contribution in [1.29, 1.82) is 5.26 Å². The minimum Gasteiger partial charge on any atom is -0.342 e. The molecule has 0 aliphatic rings. The van der Waals surface area contributed by atoms with Gasteiger partial charge in [0, 0.05) is 17.7 Å². The van der Waals surface area contributed by atoms with Crippen molar-refractivity contribution in [2.45, 2.75) is 24.7 Å². The molecule has 1 heterocycles. The van der Waals surface area contributed by atoms with Crippen LogP contribution >= 0.6 is 11.8 Å². The molecule has 1 aromatic heterocycles. The monoisotopic (exact) mass is 431 g/mol. The lowest BCUT2D eigenvalue weighted by Gasteiger charge is -2.15. The number of ketones is 1. The summed E-state index contributed by atoms with van der Waals surface area (Å²) < 4.78 is 1.83. The van der Waals surface area contributed by atoms with Crippen LogP contribution in [0.2, 0.25) is 0 Å². The highest BCUT2D eigenvalue weighted by Crippen LogP contribution is 2.22. The van der Waals surface area contributed by atoms with Crippen molar-refractivity contribution in [3.63, 3.8) is 0 Å². The number of Topliss-reactive ketones (excluding diaryl/α,β-unsaturated/α-hetero) is 1. The maximum atomic E-state index is 12.5. The third-order valence-corrected chi connectivity index (χ3v) is 5.46. The second kappa shape index (κ2) is 10.4. The van der Waals surface area contributed by atoms with E-state index in [9.17, 15) is 9.59 Å². The fourth-order valence-electron chi connectivity index (χ4n) is 2.91. The van der Waals surface area contributed by atoms with Gasteiger partial charge in [-0.25, -0.2) is 0 Å². The van der Waals surface area contributed by atoms with Crippen LogP contribution in [0.4, 0.5) is 0 Å². The minimum atomic E-state index is -0.385. The molecule has 0 bridgehead atoms. The zero-order valence-electron chi connectivity index (χ0n) is 17.0. The molecule has 0 unspecified atom stereocenters. The number of rotatable bonds is 9. The molecule has 2 aromatic carbocycles. The standard InChI is InChI=1S/C23H21N5O2S/c1-3-13-28-21(16(2)25-22(30)19-7-5-4-6-8-19)26-27-23(28)31-15-20(29)18-11-9-17(14-24)10-12-18/h3-12,16H,1,13,15H2,2H3,(H,25,30)/t16-/m1/s1. The number of carbonyl (C=O) groups excluding carboxylic acids is 2. The number of hydrogen-bond acceptors (Lipinski definition) is 6. The summed E-state index contributed by atoms with van der Waals surface area (Å²) in [6.07, 6.45) is 1.71. The predicted molar refractivity (Wildman–Crippen MR) is 119 cm³/mol. The molecule has 0 spiro atoms. The number of benzene rings is 2. The highest BCUT2D eigenvalue weighted by molar-refractivity contribution is 7.99. The Morgan fingerprint density at radius 2 is 1.87 bits per heavy atom. The van der Waals surface area contributed by atoms with E-state index in [-0.39, 0.29) is 23.5 Å². The number of nitrogens with zero attached hydrogens (tertiary/aromatic N) is 4. The topological polar surface area (TPSA) is 101 Å². The van der Waals surface area contributed by atoms with Crippen molar-refractivity contribution < 1.29 is 9.59 Å². The van der Waals surface area contributed by atoms with Gasteiger partial charge in [-0.1, -0.05) is 48.2 Å². The first-order valence-electron chi connectivity index (χ1n) is 9.59. The number of hydrogen-bond donors (Lipinski definition) is 1. The number of thioether (sulfide) groups is 1. The zero-order valence-corrected chi connectivity index (χ0v) is 17.8. The van der Waals surface area contributed by atoms with Gasteiger partial charge in [-0.05, 0) is 31.2 Å². The van der Waals surface area contributed by atoms with Gasteiger partial charge in [0.1, 0.15) is 0 Å². The molecule has 0 saturated carbocycles. The van der Waals surface area contributed by atoms with Gasteiger partial charge in [-0.2, -0.15) is 5.26 Å². The van der Waals surface area contributed by atoms with E-state index < -0.39 is 0 Å². The van der Waals surface area contributed by atoms with Crippen LogP contribution in [0.15, 0.2) is 72.4 Å². The molecule has 3 rings (SSSR count). The van der Waals surface area contributed by atoms with Crippen LogP contribution in [0, 0.1) is 11.3 Å². The van der Waals surface area contributed by atoms with Crippen molar-refractivity contribution in [3.05, 3.63) is 89.8 Å². The average molecular weight is 432 g/mol. The molecule has 0 aliphatic carbocycles. The lowest BCUT2D eigenvalue weighted by molar-refractivity contribution is 0.0937. The Morgan fingerprint density at radius 3 is 2.52 bits per heavy atom. The third-order valence-electron chi connectivity index (χ3n) is 4.50. The van der Waals surface area contributed by atoms with E-state index in [0.717, 1.165) is 0 Å². The summed E-state index contributed by atoms with van der Waals surface area (Å²) in [6, 6.07) is 17.1. The van der Waals surface area contributed by atoms with E-state index in [2.05, 4.69) is 22.1 Å². The number of nitriles is 1. The molecule has 156 valence electrons. The Morgan fingerprint density at radius 1 is 1.16 bits per heavy atom. The van der Waals surface area contributed by atoms with Gasteiger partial charge in [0.15, 0.2) is 16.8 Å². The van der Waals surface area contributed by atoms with Crippen LogP contribution in [0.3, 0.4) is 0 Å². The maximum absolute atomic E-state index is 12.5. The van der Waals surface area contributed by atoms with Crippen LogP contribution in [0.1, 0.15) is 45.1 Å². The van der Waals surface area contributed by atoms with Crippen LogP contribution in [-0.4, -0.2) is 32.2 Å². The van der Waals surface area contributed by atoms with Gasteiger partial charge in [-0.15, -0.1) is 16.8 Å². The number of amides is 1. The first-order valence-corrected chi connectivity index (χ1v) is 10.6. The summed E-state index contributed by atoms with van der Waals surface area (Å²) in [5.74, 6) is 0.477. The second-order valence-electron chi connectivity index (χ2n) is 6.70. The fourth-order valence-corrected chi connectivity index (χ4v) is 3.76. The van der Waals surface area contributed by atoms with Crippen molar-refractivity contribution >= 4 is 23.5 Å². The SMILES string of the molecule is C=CCn1c(SCC(=O)c2ccc(C#N)cc2)nnc1[C@@H](C)NC(=O)c1ccccc1. The molecule has 1 N–H and O–H groups in total. The van der Waals surface area contributed by atoms with E-state index in [1.165, 1.54) is 11.8 Å². The number of nitrogens with one attached hydrogen (secondary N) is 1. The number of carbonyl (C=O) groups is 2. The van der Waals surface area contributed by atoms with Crippen LogP contribution in [0.5, 0.6) is 0 Å². The maximum Gasteiger partial charge on any atom is 0.251 e. The van der Waals surface area contributed by atoms with Crippen molar-refractivity contribution in [3.8, 4) is 6.07 Å². The quantitative estimate of drug-likeness (QED) is 0.314. The van der Waals surface area contributed by atoms with Crippen molar-refractivity contribution in [2.24, 2.45) is 0 Å². The third kappa shape index (κ3) is 5.47. The lowest BCUT2D eigenvalue weighted by atomic mass is 10.1. The molecule has 1 atom stereocenters. The van der Waals surface area contributed by atoms with Gasteiger partial charge < -0.3 is 9.88 Å². The summed E-state index contributed by atoms with van der Waals surface area (Å²) in [6.45, 7) is 6.06. The summed E-state index contributed by atoms with van der Waals surface area (Å²) in [5.41, 5.74) is 1.60. The van der Waals surface area contributed by atoms with E-state index >= 15 is 0 Å². The van der Waals surface area contributed by atoms with Crippen LogP contribution < -0.4 is 5.32 Å². The molecule has 3 aromatic rings. The summed E-state index contributed by atoms with van der Waals surface area (Å²) in [4.78, 5) is 25.0. The Labute approximate surface area is 184 Å². The highest BCUT2D eigenvalue weighted by Gasteiger charge is 2.20. The van der Waals surface area contributed by atoms with Gasteiger partial charge in [0.2, 0.25) is 0 Å². The van der Waals surface area contributed by atoms with Gasteiger partial charge in [0.05, 0.1) is 23.4 Å². The Bertz CT molecular complexity index is 1120. The van der Waals surface area contributed by atoms with Gasteiger partial charge in [0.25, 0.3) is 5.91 Å². The van der Waals surface area contributed by atoms with Crippen molar-refractivity contribution in [1.82, 2.24) is 20.1 Å². The van der Waals surface area contributed by atoms with Crippen LogP contribution in [-0.2, 0) is 6.54 Å². The van der Waals surface area contributed by atoms with E-state index in [1.807, 2.05) is 23.6 Å². The smallest absolute Gasteiger partial charge is 0.251 e. The predicted octanol–water partition coefficient (Wildman–Crippen LogP) is 3.80. The first-order chi connectivity index (χ1) is 15.0. The molecular formula is C23H21N5O2S. The number of allylic oxidation sites excluding steroid dienone is 1. The normalized spacial score (nSPS) is 11.4.